The lowest BCUT2D eigenvalue weighted by atomic mass is 9.46. The van der Waals surface area contributed by atoms with Crippen LogP contribution in [0, 0.1) is 34.5 Å². The topological polar surface area (TPSA) is 173 Å². The van der Waals surface area contributed by atoms with E-state index in [0.29, 0.717) is 38.7 Å². The standard InChI is InChI=1S/C35H49NO10/c1-32(2)17-20(11-14-46-32)25(16-29(41)42)36-28(40)7-8-30(43)45-19-27(39)35(44)13-10-24-23-6-5-21-15-22(37)9-12-33(21,3)31(23)26(38)18-34(24,35)4/h15,20,23-25,31,44H,5-14,16-19H2,1-4H3,(H,36,40)(H,41,42)/t20-,23-,24-,25+,31+,33-,34-,35-/m0/s1. The molecule has 0 radical (unpaired) electrons. The molecule has 0 aromatic heterocycles. The Balaban J connectivity index is 1.16. The first-order valence-corrected chi connectivity index (χ1v) is 16.8. The molecule has 4 fully saturated rings. The molecule has 0 spiro atoms. The van der Waals surface area contributed by atoms with Crippen molar-refractivity contribution in [2.24, 2.45) is 34.5 Å². The second kappa shape index (κ2) is 12.6. The van der Waals surface area contributed by atoms with Gasteiger partial charge in [-0.2, -0.15) is 0 Å². The van der Waals surface area contributed by atoms with Gasteiger partial charge in [-0.05, 0) is 88.0 Å². The number of ether oxygens (including phenoxy) is 2. The Morgan fingerprint density at radius 2 is 1.78 bits per heavy atom. The van der Waals surface area contributed by atoms with E-state index in [9.17, 15) is 39.0 Å². The predicted molar refractivity (Wildman–Crippen MR) is 164 cm³/mol. The van der Waals surface area contributed by atoms with Crippen LogP contribution in [0.3, 0.4) is 0 Å². The number of carbonyl (C=O) groups is 6. The average molecular weight is 644 g/mol. The molecule has 0 bridgehead atoms. The lowest BCUT2D eigenvalue weighted by Gasteiger charge is -2.57. The number of amides is 1. The van der Waals surface area contributed by atoms with Gasteiger partial charge in [0.2, 0.25) is 11.7 Å². The van der Waals surface area contributed by atoms with Gasteiger partial charge in [-0.25, -0.2) is 0 Å². The van der Waals surface area contributed by atoms with Crippen LogP contribution in [-0.2, 0) is 38.2 Å². The summed E-state index contributed by atoms with van der Waals surface area (Å²) in [5, 5.41) is 24.0. The smallest absolute Gasteiger partial charge is 0.306 e. The molecule has 4 aliphatic carbocycles. The molecule has 254 valence electrons. The van der Waals surface area contributed by atoms with Crippen molar-refractivity contribution in [3.8, 4) is 0 Å². The highest BCUT2D eigenvalue weighted by atomic mass is 16.5. The van der Waals surface area contributed by atoms with E-state index in [1.54, 1.807) is 6.08 Å². The molecule has 0 aromatic rings. The molecule has 5 aliphatic rings. The van der Waals surface area contributed by atoms with E-state index < -0.39 is 52.9 Å². The number of carbonyl (C=O) groups excluding carboxylic acids is 5. The molecule has 5 rings (SSSR count). The number of allylic oxidation sites excluding steroid dienone is 1. The zero-order chi connectivity index (χ0) is 33.7. The predicted octanol–water partition coefficient (Wildman–Crippen LogP) is 3.49. The summed E-state index contributed by atoms with van der Waals surface area (Å²) in [6.45, 7) is 7.55. The normalized spacial score (nSPS) is 37.2. The van der Waals surface area contributed by atoms with Crippen LogP contribution in [0.25, 0.3) is 0 Å². The fourth-order valence-corrected chi connectivity index (χ4v) is 9.82. The molecule has 1 heterocycles. The monoisotopic (exact) mass is 643 g/mol. The van der Waals surface area contributed by atoms with Crippen LogP contribution in [0.1, 0.15) is 105 Å². The lowest BCUT2D eigenvalue weighted by Crippen LogP contribution is -2.61. The number of carboxylic acid groups (broad SMARTS) is 1. The van der Waals surface area contributed by atoms with Gasteiger partial charge in [0.25, 0.3) is 0 Å². The molecule has 11 nitrogen and oxygen atoms in total. The third-order valence-corrected chi connectivity index (χ3v) is 12.2. The van der Waals surface area contributed by atoms with E-state index in [2.05, 4.69) is 12.2 Å². The van der Waals surface area contributed by atoms with Gasteiger partial charge < -0.3 is 25.0 Å². The molecule has 1 aliphatic heterocycles. The van der Waals surface area contributed by atoms with E-state index in [-0.39, 0.29) is 72.8 Å². The van der Waals surface area contributed by atoms with Gasteiger partial charge in [0.05, 0.1) is 18.4 Å². The number of carboxylic acids is 1. The number of nitrogens with one attached hydrogen (secondary N) is 1. The second-order valence-corrected chi connectivity index (χ2v) is 15.5. The third-order valence-electron chi connectivity index (χ3n) is 12.2. The lowest BCUT2D eigenvalue weighted by molar-refractivity contribution is -0.173. The maximum Gasteiger partial charge on any atom is 0.306 e. The Morgan fingerprint density at radius 1 is 1.04 bits per heavy atom. The summed E-state index contributed by atoms with van der Waals surface area (Å²) in [5.41, 5.74) is -2.57. The van der Waals surface area contributed by atoms with Crippen LogP contribution in [0.2, 0.25) is 0 Å². The average Bonchev–Trinajstić information content (AvgIpc) is 3.24. The zero-order valence-electron chi connectivity index (χ0n) is 27.5. The van der Waals surface area contributed by atoms with Crippen molar-refractivity contribution >= 4 is 35.2 Å². The number of Topliss-reactive ketones (excluding diaryl/α,β-unsaturated/α-hetero) is 2. The second-order valence-electron chi connectivity index (χ2n) is 15.5. The van der Waals surface area contributed by atoms with Crippen molar-refractivity contribution in [1.82, 2.24) is 5.32 Å². The Kier molecular flexibility index (Phi) is 9.43. The van der Waals surface area contributed by atoms with Crippen molar-refractivity contribution in [2.75, 3.05) is 13.2 Å². The van der Waals surface area contributed by atoms with Gasteiger partial charge in [-0.15, -0.1) is 0 Å². The highest BCUT2D eigenvalue weighted by Gasteiger charge is 2.68. The Hall–Kier alpha value is -2.92. The maximum atomic E-state index is 13.8. The van der Waals surface area contributed by atoms with Crippen molar-refractivity contribution in [2.45, 2.75) is 122 Å². The summed E-state index contributed by atoms with van der Waals surface area (Å²) in [6, 6.07) is -0.608. The molecule has 46 heavy (non-hydrogen) atoms. The van der Waals surface area contributed by atoms with E-state index in [4.69, 9.17) is 9.47 Å². The highest BCUT2D eigenvalue weighted by molar-refractivity contribution is 5.95. The van der Waals surface area contributed by atoms with Crippen LogP contribution in [0.15, 0.2) is 11.6 Å². The summed E-state index contributed by atoms with van der Waals surface area (Å²) in [6.07, 6.45) is 5.46. The molecular formula is C35H49NO10. The van der Waals surface area contributed by atoms with Crippen LogP contribution in [0.4, 0.5) is 0 Å². The van der Waals surface area contributed by atoms with Gasteiger partial charge >= 0.3 is 11.9 Å². The first-order chi connectivity index (χ1) is 21.5. The van der Waals surface area contributed by atoms with Crippen molar-refractivity contribution in [3.63, 3.8) is 0 Å². The molecule has 0 unspecified atom stereocenters. The van der Waals surface area contributed by atoms with Crippen molar-refractivity contribution in [3.05, 3.63) is 11.6 Å². The molecule has 11 heteroatoms. The molecule has 0 aromatic carbocycles. The van der Waals surface area contributed by atoms with E-state index in [1.807, 2.05) is 20.8 Å². The van der Waals surface area contributed by atoms with Crippen LogP contribution in [0.5, 0.6) is 0 Å². The van der Waals surface area contributed by atoms with Gasteiger partial charge in [-0.1, -0.05) is 19.4 Å². The number of esters is 1. The zero-order valence-corrected chi connectivity index (χ0v) is 27.5. The number of ketones is 3. The first-order valence-electron chi connectivity index (χ1n) is 16.8. The highest BCUT2D eigenvalue weighted by Crippen LogP contribution is 2.66. The maximum absolute atomic E-state index is 13.8. The Morgan fingerprint density at radius 3 is 2.48 bits per heavy atom. The summed E-state index contributed by atoms with van der Waals surface area (Å²) in [5.74, 6) is -3.20. The fourth-order valence-electron chi connectivity index (χ4n) is 9.82. The SMILES string of the molecule is CC1(C)C[C@@H]([C@@H](CC(=O)O)NC(=O)CCC(=O)OCC(=O)[C@@]2(O)CC[C@H]3[C@@H]4CCC5=CC(=O)CC[C@]5(C)[C@H]4C(=O)C[C@@]32C)CCO1. The molecule has 3 N–H and O–H groups in total. The van der Waals surface area contributed by atoms with Crippen molar-refractivity contribution in [1.29, 1.82) is 0 Å². The van der Waals surface area contributed by atoms with Gasteiger partial charge in [0, 0.05) is 43.2 Å². The minimum atomic E-state index is -1.82. The molecule has 1 amide bonds. The van der Waals surface area contributed by atoms with E-state index in [1.165, 1.54) is 0 Å². The number of rotatable bonds is 10. The summed E-state index contributed by atoms with van der Waals surface area (Å²) < 4.78 is 11.0. The van der Waals surface area contributed by atoms with Crippen LogP contribution in [-0.4, -0.2) is 75.9 Å². The molecule has 8 atom stereocenters. The molecule has 3 saturated carbocycles. The molecule has 1 saturated heterocycles. The largest absolute Gasteiger partial charge is 0.481 e. The van der Waals surface area contributed by atoms with Gasteiger partial charge in [-0.3, -0.25) is 28.8 Å². The van der Waals surface area contributed by atoms with E-state index in [0.717, 1.165) is 18.4 Å². The third kappa shape index (κ3) is 6.33. The quantitative estimate of drug-likeness (QED) is 0.299. The number of aliphatic hydroxyl groups is 1. The minimum absolute atomic E-state index is 0.00153. The summed E-state index contributed by atoms with van der Waals surface area (Å²) in [4.78, 5) is 76.2. The fraction of sp³-hybridized carbons (Fsp3) is 0.771. The minimum Gasteiger partial charge on any atom is -0.481 e. The summed E-state index contributed by atoms with van der Waals surface area (Å²) in [7, 11) is 0. The first kappa shape index (κ1) is 34.4. The number of fused-ring (bicyclic) bond motifs is 5. The van der Waals surface area contributed by atoms with Crippen LogP contribution < -0.4 is 5.32 Å². The van der Waals surface area contributed by atoms with Gasteiger partial charge in [0.1, 0.15) is 11.4 Å². The number of aliphatic carboxylic acids is 1. The Labute approximate surface area is 270 Å². The van der Waals surface area contributed by atoms with Gasteiger partial charge in [0.15, 0.2) is 12.4 Å². The Bertz CT molecular complexity index is 1340. The summed E-state index contributed by atoms with van der Waals surface area (Å²) >= 11 is 0. The number of hydrogen-bond acceptors (Lipinski definition) is 9. The van der Waals surface area contributed by atoms with Crippen molar-refractivity contribution < 1.29 is 48.5 Å². The van der Waals surface area contributed by atoms with E-state index >= 15 is 0 Å². The molecular weight excluding hydrogens is 594 g/mol. The van der Waals surface area contributed by atoms with Crippen LogP contribution >= 0.6 is 0 Å². The number of hydrogen-bond donors (Lipinski definition) is 3.